The van der Waals surface area contributed by atoms with E-state index in [4.69, 9.17) is 4.74 Å². The number of para-hydroxylation sites is 1. The van der Waals surface area contributed by atoms with Crippen LogP contribution in [0.25, 0.3) is 10.9 Å². The molecule has 2 unspecified atom stereocenters. The third kappa shape index (κ3) is 3.00. The minimum Gasteiger partial charge on any atom is -0.378 e. The Morgan fingerprint density at radius 3 is 3.10 bits per heavy atom. The summed E-state index contributed by atoms with van der Waals surface area (Å²) in [5.74, 6) is 0. The topological polar surface area (TPSA) is 34.1 Å². The number of aromatic nitrogens is 1. The minimum atomic E-state index is 0.358. The van der Waals surface area contributed by atoms with Gasteiger partial charge in [-0.25, -0.2) is 0 Å². The molecule has 1 N–H and O–H groups in total. The van der Waals surface area contributed by atoms with Crippen LogP contribution in [0.1, 0.15) is 37.3 Å². The SMILES string of the molecule is CNC(CCC1CCCO1)c1cnc2ccccc2c1. The van der Waals surface area contributed by atoms with Gasteiger partial charge in [0.25, 0.3) is 0 Å². The maximum atomic E-state index is 5.71. The molecule has 3 rings (SSSR count). The number of hydrogen-bond donors (Lipinski definition) is 1. The highest BCUT2D eigenvalue weighted by Gasteiger charge is 2.18. The summed E-state index contributed by atoms with van der Waals surface area (Å²) in [5, 5.41) is 4.62. The van der Waals surface area contributed by atoms with Crippen LogP contribution in [0.15, 0.2) is 36.5 Å². The van der Waals surface area contributed by atoms with E-state index >= 15 is 0 Å². The van der Waals surface area contributed by atoms with Crippen LogP contribution >= 0.6 is 0 Å². The fraction of sp³-hybridized carbons (Fsp3) is 0.471. The Morgan fingerprint density at radius 1 is 1.40 bits per heavy atom. The van der Waals surface area contributed by atoms with E-state index in [1.165, 1.54) is 23.8 Å². The van der Waals surface area contributed by atoms with Crippen LogP contribution in [0.2, 0.25) is 0 Å². The zero-order chi connectivity index (χ0) is 13.8. The molecule has 1 saturated heterocycles. The Balaban J connectivity index is 1.72. The van der Waals surface area contributed by atoms with Gasteiger partial charge < -0.3 is 10.1 Å². The van der Waals surface area contributed by atoms with Gasteiger partial charge in [-0.15, -0.1) is 0 Å². The molecule has 3 heteroatoms. The monoisotopic (exact) mass is 270 g/mol. The summed E-state index contributed by atoms with van der Waals surface area (Å²) < 4.78 is 5.71. The largest absolute Gasteiger partial charge is 0.378 e. The summed E-state index contributed by atoms with van der Waals surface area (Å²) >= 11 is 0. The standard InChI is InChI=1S/C17H22N2O/c1-18-16(9-8-15-6-4-10-20-15)14-11-13-5-2-3-7-17(13)19-12-14/h2-3,5,7,11-12,15-16,18H,4,6,8-10H2,1H3. The van der Waals surface area contributed by atoms with Gasteiger partial charge in [0, 0.05) is 24.2 Å². The molecule has 1 aromatic heterocycles. The second-order valence-electron chi connectivity index (χ2n) is 5.51. The van der Waals surface area contributed by atoms with E-state index in [-0.39, 0.29) is 0 Å². The molecule has 0 radical (unpaired) electrons. The maximum Gasteiger partial charge on any atom is 0.0702 e. The molecule has 1 aliphatic heterocycles. The van der Waals surface area contributed by atoms with E-state index in [1.807, 2.05) is 19.3 Å². The van der Waals surface area contributed by atoms with Crippen LogP contribution < -0.4 is 5.32 Å². The fourth-order valence-corrected chi connectivity index (χ4v) is 2.98. The third-order valence-electron chi connectivity index (χ3n) is 4.16. The number of nitrogens with one attached hydrogen (secondary N) is 1. The Labute approximate surface area is 120 Å². The zero-order valence-electron chi connectivity index (χ0n) is 12.0. The van der Waals surface area contributed by atoms with Gasteiger partial charge in [-0.3, -0.25) is 4.98 Å². The van der Waals surface area contributed by atoms with Gasteiger partial charge in [-0.1, -0.05) is 18.2 Å². The van der Waals surface area contributed by atoms with Gasteiger partial charge in [-0.05, 0) is 50.4 Å². The normalized spacial score (nSPS) is 20.4. The molecule has 2 heterocycles. The fourth-order valence-electron chi connectivity index (χ4n) is 2.98. The van der Waals surface area contributed by atoms with Gasteiger partial charge in [0.1, 0.15) is 0 Å². The molecule has 1 aliphatic rings. The lowest BCUT2D eigenvalue weighted by atomic mass is 9.99. The van der Waals surface area contributed by atoms with Gasteiger partial charge >= 0.3 is 0 Å². The molecule has 2 atom stereocenters. The summed E-state index contributed by atoms with van der Waals surface area (Å²) in [7, 11) is 2.02. The lowest BCUT2D eigenvalue weighted by molar-refractivity contribution is 0.0998. The van der Waals surface area contributed by atoms with Crippen molar-refractivity contribution in [3.8, 4) is 0 Å². The van der Waals surface area contributed by atoms with Gasteiger partial charge in [0.05, 0.1) is 11.6 Å². The Bertz CT molecular complexity index is 564. The van der Waals surface area contributed by atoms with Crippen LogP contribution in [0.3, 0.4) is 0 Å². The molecule has 1 fully saturated rings. The lowest BCUT2D eigenvalue weighted by Gasteiger charge is -2.18. The van der Waals surface area contributed by atoms with Gasteiger partial charge in [0.15, 0.2) is 0 Å². The highest BCUT2D eigenvalue weighted by atomic mass is 16.5. The summed E-state index contributed by atoms with van der Waals surface area (Å²) in [6.45, 7) is 0.937. The first-order valence-corrected chi connectivity index (χ1v) is 7.50. The average Bonchev–Trinajstić information content (AvgIpc) is 3.01. The Morgan fingerprint density at radius 2 is 2.30 bits per heavy atom. The second-order valence-corrected chi connectivity index (χ2v) is 5.51. The molecule has 1 aromatic carbocycles. The van der Waals surface area contributed by atoms with E-state index in [9.17, 15) is 0 Å². The smallest absolute Gasteiger partial charge is 0.0702 e. The highest BCUT2D eigenvalue weighted by Crippen LogP contribution is 2.25. The molecule has 2 aromatic rings. The van der Waals surface area contributed by atoms with Crippen molar-refractivity contribution in [3.05, 3.63) is 42.1 Å². The number of fused-ring (bicyclic) bond motifs is 1. The third-order valence-corrected chi connectivity index (χ3v) is 4.16. The first-order chi connectivity index (χ1) is 9.86. The molecule has 0 spiro atoms. The van der Waals surface area contributed by atoms with Crippen LogP contribution in [-0.4, -0.2) is 24.7 Å². The first-order valence-electron chi connectivity index (χ1n) is 7.50. The molecule has 0 amide bonds. The summed E-state index contributed by atoms with van der Waals surface area (Å²) in [6, 6.07) is 10.9. The van der Waals surface area contributed by atoms with Crippen molar-refractivity contribution >= 4 is 10.9 Å². The number of benzene rings is 1. The minimum absolute atomic E-state index is 0.358. The average molecular weight is 270 g/mol. The first kappa shape index (κ1) is 13.5. The van der Waals surface area contributed by atoms with Crippen molar-refractivity contribution in [1.82, 2.24) is 10.3 Å². The van der Waals surface area contributed by atoms with Crippen molar-refractivity contribution in [2.24, 2.45) is 0 Å². The van der Waals surface area contributed by atoms with E-state index in [2.05, 4.69) is 34.6 Å². The number of ether oxygens (including phenoxy) is 1. The number of hydrogen-bond acceptors (Lipinski definition) is 3. The van der Waals surface area contributed by atoms with Crippen molar-refractivity contribution in [2.75, 3.05) is 13.7 Å². The van der Waals surface area contributed by atoms with Crippen molar-refractivity contribution < 1.29 is 4.74 Å². The lowest BCUT2D eigenvalue weighted by Crippen LogP contribution is -2.19. The molecule has 0 aliphatic carbocycles. The van der Waals surface area contributed by atoms with Crippen molar-refractivity contribution in [1.29, 1.82) is 0 Å². The van der Waals surface area contributed by atoms with Crippen molar-refractivity contribution in [2.45, 2.75) is 37.8 Å². The molecule has 0 bridgehead atoms. The highest BCUT2D eigenvalue weighted by molar-refractivity contribution is 5.78. The summed E-state index contributed by atoms with van der Waals surface area (Å²) in [6.07, 6.45) is 7.11. The molecule has 3 nitrogen and oxygen atoms in total. The number of rotatable bonds is 5. The van der Waals surface area contributed by atoms with Crippen LogP contribution in [0.5, 0.6) is 0 Å². The van der Waals surface area contributed by atoms with E-state index in [1.54, 1.807) is 0 Å². The Kier molecular flexibility index (Phi) is 4.28. The summed E-state index contributed by atoms with van der Waals surface area (Å²) in [5.41, 5.74) is 2.33. The van der Waals surface area contributed by atoms with Gasteiger partial charge in [-0.2, -0.15) is 0 Å². The second kappa shape index (κ2) is 6.33. The number of pyridine rings is 1. The van der Waals surface area contributed by atoms with Crippen LogP contribution in [-0.2, 0) is 4.74 Å². The van der Waals surface area contributed by atoms with E-state index in [0.29, 0.717) is 12.1 Å². The molecular weight excluding hydrogens is 248 g/mol. The van der Waals surface area contributed by atoms with E-state index < -0.39 is 0 Å². The molecule has 20 heavy (non-hydrogen) atoms. The Hall–Kier alpha value is -1.45. The molecular formula is C17H22N2O. The van der Waals surface area contributed by atoms with Crippen molar-refractivity contribution in [3.63, 3.8) is 0 Å². The number of nitrogens with zero attached hydrogens (tertiary/aromatic N) is 1. The predicted octanol–water partition coefficient (Wildman–Crippen LogP) is 3.45. The molecule has 106 valence electrons. The van der Waals surface area contributed by atoms with E-state index in [0.717, 1.165) is 25.0 Å². The summed E-state index contributed by atoms with van der Waals surface area (Å²) in [4.78, 5) is 4.56. The van der Waals surface area contributed by atoms with Crippen LogP contribution in [0, 0.1) is 0 Å². The zero-order valence-corrected chi connectivity index (χ0v) is 12.0. The maximum absolute atomic E-state index is 5.71. The van der Waals surface area contributed by atoms with Gasteiger partial charge in [0.2, 0.25) is 0 Å². The quantitative estimate of drug-likeness (QED) is 0.903. The predicted molar refractivity (Wildman–Crippen MR) is 81.8 cm³/mol. The van der Waals surface area contributed by atoms with Crippen LogP contribution in [0.4, 0.5) is 0 Å². The molecule has 0 saturated carbocycles.